The van der Waals surface area contributed by atoms with E-state index in [0.29, 0.717) is 12.3 Å². The second-order valence-corrected chi connectivity index (χ2v) is 6.56. The third-order valence-corrected chi connectivity index (χ3v) is 4.96. The number of carbonyl (C=O) groups is 1. The number of imidazole rings is 1. The summed E-state index contributed by atoms with van der Waals surface area (Å²) in [7, 11) is 0. The Morgan fingerprint density at radius 1 is 1.12 bits per heavy atom. The lowest BCUT2D eigenvalue weighted by molar-refractivity contribution is 0.0956. The summed E-state index contributed by atoms with van der Waals surface area (Å²) < 4.78 is 7.88. The molecule has 5 rings (SSSR count). The molecule has 128 valence electrons. The van der Waals surface area contributed by atoms with E-state index in [1.807, 2.05) is 66.0 Å². The van der Waals surface area contributed by atoms with Crippen molar-refractivity contribution >= 4 is 22.6 Å². The Hall–Kier alpha value is -3.34. The van der Waals surface area contributed by atoms with Crippen LogP contribution in [-0.4, -0.2) is 22.0 Å². The van der Waals surface area contributed by atoms with Crippen molar-refractivity contribution < 1.29 is 9.21 Å². The van der Waals surface area contributed by atoms with Crippen LogP contribution in [0.2, 0.25) is 0 Å². The van der Waals surface area contributed by atoms with Crippen LogP contribution in [0, 0.1) is 0 Å². The van der Waals surface area contributed by atoms with Crippen LogP contribution in [0.5, 0.6) is 0 Å². The van der Waals surface area contributed by atoms with Crippen LogP contribution in [0.1, 0.15) is 22.2 Å². The van der Waals surface area contributed by atoms with Gasteiger partial charge in [0, 0.05) is 30.0 Å². The summed E-state index contributed by atoms with van der Waals surface area (Å²) in [5.41, 5.74) is 2.84. The molecule has 5 nitrogen and oxygen atoms in total. The number of carbonyl (C=O) groups excluding carboxylic acids is 1. The highest BCUT2D eigenvalue weighted by Gasteiger charge is 2.31. The number of anilines is 1. The molecule has 0 fully saturated rings. The van der Waals surface area contributed by atoms with E-state index in [1.54, 1.807) is 6.20 Å². The van der Waals surface area contributed by atoms with Crippen molar-refractivity contribution in [2.24, 2.45) is 0 Å². The summed E-state index contributed by atoms with van der Waals surface area (Å²) in [4.78, 5) is 19.2. The first-order chi connectivity index (χ1) is 12.8. The maximum atomic E-state index is 13.3. The fraction of sp³-hybridized carbons (Fsp3) is 0.143. The SMILES string of the molecule is O=C(c1cc2ccccc2o1)N1CC(n2ccnc2)Cc2ccccc21. The Kier molecular flexibility index (Phi) is 3.38. The van der Waals surface area contributed by atoms with Gasteiger partial charge in [0.1, 0.15) is 5.58 Å². The van der Waals surface area contributed by atoms with E-state index in [0.717, 1.165) is 28.6 Å². The molecule has 2 aromatic carbocycles. The topological polar surface area (TPSA) is 51.3 Å². The third kappa shape index (κ3) is 2.40. The number of benzene rings is 2. The molecule has 26 heavy (non-hydrogen) atoms. The van der Waals surface area contributed by atoms with E-state index in [1.165, 1.54) is 0 Å². The highest BCUT2D eigenvalue weighted by atomic mass is 16.3. The van der Waals surface area contributed by atoms with Gasteiger partial charge in [-0.2, -0.15) is 0 Å². The van der Waals surface area contributed by atoms with Crippen molar-refractivity contribution in [2.75, 3.05) is 11.4 Å². The van der Waals surface area contributed by atoms with E-state index in [-0.39, 0.29) is 11.9 Å². The molecule has 0 aliphatic carbocycles. The molecule has 1 aliphatic rings. The molecule has 4 aromatic rings. The Bertz CT molecular complexity index is 1050. The lowest BCUT2D eigenvalue weighted by Gasteiger charge is -2.34. The highest BCUT2D eigenvalue weighted by molar-refractivity contribution is 6.07. The van der Waals surface area contributed by atoms with Gasteiger partial charge in [-0.1, -0.05) is 36.4 Å². The standard InChI is InChI=1S/C21H17N3O2/c25-21(20-12-16-6-2-4-8-19(16)26-20)24-13-17(23-10-9-22-14-23)11-15-5-1-3-7-18(15)24/h1-10,12,14,17H,11,13H2. The molecule has 0 radical (unpaired) electrons. The number of nitrogens with zero attached hydrogens (tertiary/aromatic N) is 3. The second kappa shape index (κ2) is 5.88. The summed E-state index contributed by atoms with van der Waals surface area (Å²) in [6.07, 6.45) is 6.40. The van der Waals surface area contributed by atoms with Crippen LogP contribution in [0.15, 0.2) is 77.7 Å². The van der Waals surface area contributed by atoms with Crippen molar-refractivity contribution in [3.8, 4) is 0 Å². The van der Waals surface area contributed by atoms with Crippen molar-refractivity contribution in [3.05, 3.63) is 84.6 Å². The van der Waals surface area contributed by atoms with Gasteiger partial charge in [-0.15, -0.1) is 0 Å². The zero-order valence-corrected chi connectivity index (χ0v) is 14.1. The quantitative estimate of drug-likeness (QED) is 0.551. The van der Waals surface area contributed by atoms with Crippen LogP contribution >= 0.6 is 0 Å². The number of hydrogen-bond donors (Lipinski definition) is 0. The fourth-order valence-corrected chi connectivity index (χ4v) is 3.67. The van der Waals surface area contributed by atoms with E-state index in [9.17, 15) is 4.79 Å². The minimum Gasteiger partial charge on any atom is -0.451 e. The minimum atomic E-state index is -0.113. The number of rotatable bonds is 2. The molecular weight excluding hydrogens is 326 g/mol. The average Bonchev–Trinajstić information content (AvgIpc) is 3.36. The minimum absolute atomic E-state index is 0.113. The normalized spacial score (nSPS) is 16.6. The van der Waals surface area contributed by atoms with E-state index in [4.69, 9.17) is 4.42 Å². The predicted octanol–water partition coefficient (Wildman–Crippen LogP) is 4.07. The molecule has 1 unspecified atom stereocenters. The first-order valence-corrected chi connectivity index (χ1v) is 8.65. The molecule has 0 spiro atoms. The maximum Gasteiger partial charge on any atom is 0.294 e. The molecule has 0 N–H and O–H groups in total. The molecule has 1 aliphatic heterocycles. The van der Waals surface area contributed by atoms with E-state index in [2.05, 4.69) is 15.6 Å². The summed E-state index contributed by atoms with van der Waals surface area (Å²) in [6.45, 7) is 0.587. The van der Waals surface area contributed by atoms with Gasteiger partial charge in [0.2, 0.25) is 0 Å². The van der Waals surface area contributed by atoms with Crippen molar-refractivity contribution in [3.63, 3.8) is 0 Å². The first-order valence-electron chi connectivity index (χ1n) is 8.65. The van der Waals surface area contributed by atoms with Crippen molar-refractivity contribution in [1.82, 2.24) is 9.55 Å². The molecule has 2 aromatic heterocycles. The Balaban J connectivity index is 1.56. The van der Waals surface area contributed by atoms with Gasteiger partial charge in [-0.05, 0) is 30.2 Å². The summed E-state index contributed by atoms with van der Waals surface area (Å²) in [6, 6.07) is 17.7. The molecule has 1 atom stereocenters. The maximum absolute atomic E-state index is 13.3. The fourth-order valence-electron chi connectivity index (χ4n) is 3.67. The second-order valence-electron chi connectivity index (χ2n) is 6.56. The van der Waals surface area contributed by atoms with E-state index >= 15 is 0 Å². The largest absolute Gasteiger partial charge is 0.451 e. The van der Waals surface area contributed by atoms with Gasteiger partial charge >= 0.3 is 0 Å². The zero-order valence-electron chi connectivity index (χ0n) is 14.1. The third-order valence-electron chi connectivity index (χ3n) is 4.96. The Morgan fingerprint density at radius 3 is 2.81 bits per heavy atom. The molecule has 3 heterocycles. The predicted molar refractivity (Wildman–Crippen MR) is 99.3 cm³/mol. The monoisotopic (exact) mass is 343 g/mol. The highest BCUT2D eigenvalue weighted by Crippen LogP contribution is 2.33. The Labute approximate surface area is 150 Å². The van der Waals surface area contributed by atoms with Gasteiger partial charge in [0.15, 0.2) is 5.76 Å². The molecule has 5 heteroatoms. The van der Waals surface area contributed by atoms with Crippen LogP contribution in [0.3, 0.4) is 0 Å². The number of fused-ring (bicyclic) bond motifs is 2. The van der Waals surface area contributed by atoms with Gasteiger partial charge in [0.25, 0.3) is 5.91 Å². The van der Waals surface area contributed by atoms with Crippen LogP contribution in [-0.2, 0) is 6.42 Å². The number of amides is 1. The van der Waals surface area contributed by atoms with E-state index < -0.39 is 0 Å². The van der Waals surface area contributed by atoms with Crippen LogP contribution < -0.4 is 4.90 Å². The lowest BCUT2D eigenvalue weighted by Crippen LogP contribution is -2.40. The van der Waals surface area contributed by atoms with Crippen LogP contribution in [0.25, 0.3) is 11.0 Å². The van der Waals surface area contributed by atoms with Crippen molar-refractivity contribution in [2.45, 2.75) is 12.5 Å². The lowest BCUT2D eigenvalue weighted by atomic mass is 9.97. The van der Waals surface area contributed by atoms with Gasteiger partial charge in [0.05, 0.1) is 12.4 Å². The Morgan fingerprint density at radius 2 is 1.96 bits per heavy atom. The summed E-state index contributed by atoms with van der Waals surface area (Å²) >= 11 is 0. The summed E-state index contributed by atoms with van der Waals surface area (Å²) in [5.74, 6) is 0.255. The average molecular weight is 343 g/mol. The molecular formula is C21H17N3O2. The van der Waals surface area contributed by atoms with Gasteiger partial charge in [-0.25, -0.2) is 4.98 Å². The summed E-state index contributed by atoms with van der Waals surface area (Å²) in [5, 5.41) is 0.937. The van der Waals surface area contributed by atoms with Crippen molar-refractivity contribution in [1.29, 1.82) is 0 Å². The molecule has 1 amide bonds. The van der Waals surface area contributed by atoms with Gasteiger partial charge < -0.3 is 13.9 Å². The zero-order chi connectivity index (χ0) is 17.5. The number of furan rings is 1. The molecule has 0 saturated heterocycles. The van der Waals surface area contributed by atoms with Crippen LogP contribution in [0.4, 0.5) is 5.69 Å². The number of hydrogen-bond acceptors (Lipinski definition) is 3. The smallest absolute Gasteiger partial charge is 0.294 e. The number of para-hydroxylation sites is 2. The number of aromatic nitrogens is 2. The van der Waals surface area contributed by atoms with Gasteiger partial charge in [-0.3, -0.25) is 4.79 Å². The molecule has 0 bridgehead atoms. The first kappa shape index (κ1) is 15.0. The molecule has 0 saturated carbocycles.